The fourth-order valence-electron chi connectivity index (χ4n) is 1.07. The van der Waals surface area contributed by atoms with E-state index in [1.54, 1.807) is 37.3 Å². The summed E-state index contributed by atoms with van der Waals surface area (Å²) in [7, 11) is 0. The number of carbonyl (C=O) groups is 1. The van der Waals surface area contributed by atoms with Crippen molar-refractivity contribution in [2.24, 2.45) is 0 Å². The Morgan fingerprint density at radius 1 is 1.33 bits per heavy atom. The van der Waals surface area contributed by atoms with Crippen molar-refractivity contribution in [3.05, 3.63) is 42.5 Å². The number of carbonyl (C=O) groups excluding carboxylic acids is 1. The van der Waals surface area contributed by atoms with Gasteiger partial charge in [0, 0.05) is 0 Å². The molecule has 15 heavy (non-hydrogen) atoms. The molecule has 0 saturated heterocycles. The van der Waals surface area contributed by atoms with Crippen LogP contribution in [0.25, 0.3) is 0 Å². The Balaban J connectivity index is 2.43. The average molecular weight is 206 g/mol. The molecule has 0 fully saturated rings. The summed E-state index contributed by atoms with van der Waals surface area (Å²) >= 11 is 0. The van der Waals surface area contributed by atoms with Crippen LogP contribution in [0.2, 0.25) is 0 Å². The van der Waals surface area contributed by atoms with E-state index in [1.807, 2.05) is 19.1 Å². The lowest BCUT2D eigenvalue weighted by molar-refractivity contribution is 0.0823. The molecular formula is C12H14O3. The maximum Gasteiger partial charge on any atom is 0.514 e. The number of allylic oxidation sites excluding steroid dienone is 1. The van der Waals surface area contributed by atoms with Crippen LogP contribution in [0.4, 0.5) is 4.79 Å². The fraction of sp³-hybridized carbons (Fsp3) is 0.250. The Morgan fingerprint density at radius 2 is 2.00 bits per heavy atom. The number of rotatable bonds is 3. The van der Waals surface area contributed by atoms with Gasteiger partial charge in [-0.15, -0.1) is 0 Å². The average Bonchev–Trinajstić information content (AvgIpc) is 2.19. The third kappa shape index (κ3) is 4.31. The van der Waals surface area contributed by atoms with Gasteiger partial charge in [-0.2, -0.15) is 0 Å². The number of hydrogen-bond acceptors (Lipinski definition) is 3. The van der Waals surface area contributed by atoms with Gasteiger partial charge in [-0.05, 0) is 32.1 Å². The molecule has 0 bridgehead atoms. The molecule has 1 aromatic carbocycles. The van der Waals surface area contributed by atoms with E-state index in [-0.39, 0.29) is 6.10 Å². The van der Waals surface area contributed by atoms with Gasteiger partial charge in [0.2, 0.25) is 0 Å². The molecule has 1 rings (SSSR count). The maximum absolute atomic E-state index is 11.2. The third-order valence-electron chi connectivity index (χ3n) is 1.69. The van der Waals surface area contributed by atoms with Crippen molar-refractivity contribution < 1.29 is 14.3 Å². The topological polar surface area (TPSA) is 35.5 Å². The summed E-state index contributed by atoms with van der Waals surface area (Å²) in [5.74, 6) is 0.482. The number of para-hydroxylation sites is 1. The lowest BCUT2D eigenvalue weighted by Gasteiger charge is -2.08. The van der Waals surface area contributed by atoms with E-state index in [9.17, 15) is 4.79 Å². The zero-order valence-corrected chi connectivity index (χ0v) is 8.84. The third-order valence-corrected chi connectivity index (χ3v) is 1.69. The van der Waals surface area contributed by atoms with Crippen LogP contribution in [-0.4, -0.2) is 12.3 Å². The summed E-state index contributed by atoms with van der Waals surface area (Å²) in [4.78, 5) is 11.2. The van der Waals surface area contributed by atoms with Crippen LogP contribution in [0.5, 0.6) is 5.75 Å². The molecule has 3 nitrogen and oxygen atoms in total. The number of ether oxygens (including phenoxy) is 2. The molecule has 1 atom stereocenters. The first-order valence-corrected chi connectivity index (χ1v) is 4.78. The van der Waals surface area contributed by atoms with Crippen molar-refractivity contribution in [1.82, 2.24) is 0 Å². The first-order valence-electron chi connectivity index (χ1n) is 4.78. The summed E-state index contributed by atoms with van der Waals surface area (Å²) in [6, 6.07) is 8.82. The highest BCUT2D eigenvalue weighted by molar-refractivity contribution is 5.64. The van der Waals surface area contributed by atoms with Gasteiger partial charge in [-0.1, -0.05) is 24.3 Å². The number of benzene rings is 1. The lowest BCUT2D eigenvalue weighted by atomic mass is 10.3. The van der Waals surface area contributed by atoms with Gasteiger partial charge in [0.1, 0.15) is 11.9 Å². The summed E-state index contributed by atoms with van der Waals surface area (Å²) < 4.78 is 9.88. The van der Waals surface area contributed by atoms with E-state index in [4.69, 9.17) is 9.47 Å². The molecule has 0 unspecified atom stereocenters. The molecule has 0 spiro atoms. The normalized spacial score (nSPS) is 12.4. The zero-order chi connectivity index (χ0) is 11.1. The second kappa shape index (κ2) is 5.86. The SMILES string of the molecule is C/C=C/[C@@H](C)OC(=O)Oc1ccccc1. The first-order chi connectivity index (χ1) is 7.22. The van der Waals surface area contributed by atoms with Crippen LogP contribution in [0.3, 0.4) is 0 Å². The van der Waals surface area contributed by atoms with Gasteiger partial charge in [-0.3, -0.25) is 0 Å². The molecule has 0 saturated carbocycles. The molecular weight excluding hydrogens is 192 g/mol. The molecule has 0 amide bonds. The Labute approximate surface area is 89.3 Å². The molecule has 0 aliphatic heterocycles. The van der Waals surface area contributed by atoms with Gasteiger partial charge in [0.05, 0.1) is 0 Å². The Morgan fingerprint density at radius 3 is 2.60 bits per heavy atom. The van der Waals surface area contributed by atoms with Crippen molar-refractivity contribution >= 4 is 6.16 Å². The van der Waals surface area contributed by atoms with Crippen LogP contribution in [0.1, 0.15) is 13.8 Å². The summed E-state index contributed by atoms with van der Waals surface area (Å²) in [6.07, 6.45) is 2.63. The van der Waals surface area contributed by atoms with E-state index < -0.39 is 6.16 Å². The molecule has 3 heteroatoms. The largest absolute Gasteiger partial charge is 0.514 e. The smallest absolute Gasteiger partial charge is 0.427 e. The maximum atomic E-state index is 11.2. The molecule has 0 aliphatic rings. The van der Waals surface area contributed by atoms with Crippen molar-refractivity contribution in [3.63, 3.8) is 0 Å². The standard InChI is InChI=1S/C12H14O3/c1-3-7-10(2)14-12(13)15-11-8-5-4-6-9-11/h3-10H,1-2H3/b7-3+/t10-/m1/s1. The second-order valence-corrected chi connectivity index (χ2v) is 3.01. The highest BCUT2D eigenvalue weighted by atomic mass is 16.7. The van der Waals surface area contributed by atoms with E-state index >= 15 is 0 Å². The van der Waals surface area contributed by atoms with E-state index in [2.05, 4.69) is 0 Å². The molecule has 0 aromatic heterocycles. The fourth-order valence-corrected chi connectivity index (χ4v) is 1.07. The van der Waals surface area contributed by atoms with Crippen LogP contribution < -0.4 is 4.74 Å². The van der Waals surface area contributed by atoms with Crippen molar-refractivity contribution in [2.75, 3.05) is 0 Å². The van der Waals surface area contributed by atoms with Gasteiger partial charge >= 0.3 is 6.16 Å². The van der Waals surface area contributed by atoms with Crippen LogP contribution in [0, 0.1) is 0 Å². The monoisotopic (exact) mass is 206 g/mol. The van der Waals surface area contributed by atoms with Crippen LogP contribution in [-0.2, 0) is 4.74 Å². The molecule has 80 valence electrons. The Bertz CT molecular complexity index is 330. The van der Waals surface area contributed by atoms with Gasteiger partial charge in [-0.25, -0.2) is 4.79 Å². The minimum Gasteiger partial charge on any atom is -0.427 e. The molecule has 0 radical (unpaired) electrons. The minimum absolute atomic E-state index is 0.272. The Kier molecular flexibility index (Phi) is 4.41. The molecule has 0 aliphatic carbocycles. The van der Waals surface area contributed by atoms with Crippen molar-refractivity contribution in [3.8, 4) is 5.75 Å². The quantitative estimate of drug-likeness (QED) is 0.433. The molecule has 0 heterocycles. The first kappa shape index (κ1) is 11.3. The zero-order valence-electron chi connectivity index (χ0n) is 8.84. The van der Waals surface area contributed by atoms with Crippen molar-refractivity contribution in [2.45, 2.75) is 20.0 Å². The van der Waals surface area contributed by atoms with Crippen LogP contribution >= 0.6 is 0 Å². The van der Waals surface area contributed by atoms with E-state index in [1.165, 1.54) is 0 Å². The van der Waals surface area contributed by atoms with Crippen LogP contribution in [0.15, 0.2) is 42.5 Å². The highest BCUT2D eigenvalue weighted by Crippen LogP contribution is 2.09. The minimum atomic E-state index is -0.688. The second-order valence-electron chi connectivity index (χ2n) is 3.01. The van der Waals surface area contributed by atoms with Gasteiger partial charge < -0.3 is 9.47 Å². The van der Waals surface area contributed by atoms with Crippen molar-refractivity contribution in [1.29, 1.82) is 0 Å². The molecule has 0 N–H and O–H groups in total. The predicted octanol–water partition coefficient (Wildman–Crippen LogP) is 3.17. The number of hydrogen-bond donors (Lipinski definition) is 0. The Hall–Kier alpha value is -1.77. The van der Waals surface area contributed by atoms with Gasteiger partial charge in [0.15, 0.2) is 0 Å². The van der Waals surface area contributed by atoms with E-state index in [0.29, 0.717) is 5.75 Å². The predicted molar refractivity (Wildman–Crippen MR) is 57.8 cm³/mol. The molecule has 1 aromatic rings. The summed E-state index contributed by atoms with van der Waals surface area (Å²) in [5, 5.41) is 0. The lowest BCUT2D eigenvalue weighted by Crippen LogP contribution is -2.16. The summed E-state index contributed by atoms with van der Waals surface area (Å²) in [5.41, 5.74) is 0. The summed E-state index contributed by atoms with van der Waals surface area (Å²) in [6.45, 7) is 3.63. The highest BCUT2D eigenvalue weighted by Gasteiger charge is 2.08. The van der Waals surface area contributed by atoms with E-state index in [0.717, 1.165) is 0 Å². The van der Waals surface area contributed by atoms with Gasteiger partial charge in [0.25, 0.3) is 0 Å².